The van der Waals surface area contributed by atoms with Gasteiger partial charge in [-0.3, -0.25) is 0 Å². The summed E-state index contributed by atoms with van der Waals surface area (Å²) in [4.78, 5) is 13.2. The number of nitrogens with one attached hydrogen (secondary N) is 2. The van der Waals surface area contributed by atoms with Crippen molar-refractivity contribution in [3.8, 4) is 0 Å². The third kappa shape index (κ3) is 3.19. The molecular weight excluding hydrogens is 266 g/mol. The number of alkyl carbamates (subject to hydrolysis) is 1. The molecule has 3 rings (SSSR count). The Balaban J connectivity index is 1.94. The van der Waals surface area contributed by atoms with E-state index < -0.39 is 32.2 Å². The minimum absolute atomic E-state index is 0.0249. The van der Waals surface area contributed by atoms with Crippen molar-refractivity contribution in [1.82, 2.24) is 15.2 Å². The molecule has 1 fully saturated rings. The van der Waals surface area contributed by atoms with E-state index in [1.54, 1.807) is 18.2 Å². The molecule has 1 saturated heterocycles. The number of rotatable bonds is 5. The summed E-state index contributed by atoms with van der Waals surface area (Å²) in [5.41, 5.74) is 1.43. The lowest BCUT2D eigenvalue weighted by molar-refractivity contribution is 0.177. The van der Waals surface area contributed by atoms with Crippen molar-refractivity contribution in [2.45, 2.75) is 18.9 Å². The van der Waals surface area contributed by atoms with Crippen LogP contribution in [0.2, 0.25) is 2.82 Å². The number of aromatic amines is 1. The van der Waals surface area contributed by atoms with Crippen LogP contribution in [0.15, 0.2) is 24.4 Å². The summed E-state index contributed by atoms with van der Waals surface area (Å²) in [7, 11) is 1.17. The Kier molecular flexibility index (Phi) is 1.88. The first-order valence-corrected chi connectivity index (χ1v) is 6.50. The van der Waals surface area contributed by atoms with E-state index >= 15 is 0 Å². The van der Waals surface area contributed by atoms with E-state index in [0.29, 0.717) is 32.2 Å². The quantitative estimate of drug-likeness (QED) is 0.886. The number of carbonyl (C=O) groups is 1. The minimum Gasteiger partial charge on any atom is -0.447 e. The summed E-state index contributed by atoms with van der Waals surface area (Å²) >= 11 is 0. The molecule has 0 saturated carbocycles. The highest BCUT2D eigenvalue weighted by atomic mass is 16.6. The maximum atomic E-state index is 11.5. The van der Waals surface area contributed by atoms with Gasteiger partial charge in [0.2, 0.25) is 0 Å². The number of amides is 1. The molecule has 0 bridgehead atoms. The van der Waals surface area contributed by atoms with E-state index in [1.165, 1.54) is 13.2 Å². The highest BCUT2D eigenvalue weighted by molar-refractivity contribution is 5.84. The zero-order chi connectivity index (χ0) is 22.6. The molecule has 0 spiro atoms. The highest BCUT2D eigenvalue weighted by Gasteiger charge is 2.22. The molecule has 2 heterocycles. The number of benzene rings is 1. The molecular formula is C16H21N3O2. The van der Waals surface area contributed by atoms with Gasteiger partial charge < -0.3 is 19.9 Å². The van der Waals surface area contributed by atoms with E-state index in [9.17, 15) is 4.79 Å². The van der Waals surface area contributed by atoms with Crippen LogP contribution in [-0.2, 0) is 17.6 Å². The lowest BCUT2D eigenvalue weighted by atomic mass is 10.0. The van der Waals surface area contributed by atoms with Crippen LogP contribution in [0.4, 0.5) is 4.79 Å². The summed E-state index contributed by atoms with van der Waals surface area (Å²) in [5, 5.41) is 0.956. The van der Waals surface area contributed by atoms with Crippen LogP contribution in [0.5, 0.6) is 0 Å². The smallest absolute Gasteiger partial charge is 0.407 e. The number of ether oxygens (including phenoxy) is 1. The van der Waals surface area contributed by atoms with Crippen LogP contribution in [0.1, 0.15) is 20.7 Å². The van der Waals surface area contributed by atoms with Crippen molar-refractivity contribution in [2.24, 2.45) is 0 Å². The summed E-state index contributed by atoms with van der Waals surface area (Å²) in [6.07, 6.45) is 0.00948. The average molecular weight is 296 g/mol. The molecule has 1 aliphatic heterocycles. The number of carbonyl (C=O) groups excluding carboxylic acids is 1. The molecule has 0 unspecified atom stereocenters. The molecule has 2 aromatic rings. The fourth-order valence-electron chi connectivity index (χ4n) is 2.25. The lowest BCUT2D eigenvalue weighted by Gasteiger charge is -2.09. The van der Waals surface area contributed by atoms with Gasteiger partial charge in [0.05, 0.1) is 8.78 Å². The van der Waals surface area contributed by atoms with Crippen LogP contribution >= 0.6 is 0 Å². The standard InChI is InChI=1S/C16H21N3O2/c1-19(2)6-5-12-9-17-15-4-3-11(8-14(12)15)7-13-10-21-16(20)18-13/h3-4,8-9,13,17H,5-7,10H2,1-2H3,(H,18,20)/t13-/m0/s1/i1D3,6D2,10D2/hD2. The summed E-state index contributed by atoms with van der Waals surface area (Å²) in [5.74, 6) is 0. The van der Waals surface area contributed by atoms with Crippen molar-refractivity contribution in [1.29, 1.82) is 0 Å². The molecule has 0 aliphatic carbocycles. The fraction of sp³-hybridized carbons (Fsp3) is 0.438. The van der Waals surface area contributed by atoms with E-state index in [4.69, 9.17) is 12.4 Å². The molecule has 112 valence electrons. The van der Waals surface area contributed by atoms with Gasteiger partial charge in [-0.15, -0.1) is 0 Å². The van der Waals surface area contributed by atoms with Gasteiger partial charge in [0, 0.05) is 30.5 Å². The first-order valence-electron chi connectivity index (χ1n) is 10.9. The number of aromatic nitrogens is 1. The van der Waals surface area contributed by atoms with Gasteiger partial charge in [-0.25, -0.2) is 4.79 Å². The van der Waals surface area contributed by atoms with E-state index in [-0.39, 0.29) is 12.8 Å². The first-order chi connectivity index (χ1) is 13.6. The molecule has 2 N–H and O–H groups in total. The van der Waals surface area contributed by atoms with Crippen molar-refractivity contribution >= 4 is 17.0 Å². The van der Waals surface area contributed by atoms with Crippen molar-refractivity contribution in [3.63, 3.8) is 0 Å². The maximum Gasteiger partial charge on any atom is 0.407 e. The summed E-state index contributed by atoms with van der Waals surface area (Å²) < 4.78 is 74.6. The predicted molar refractivity (Wildman–Crippen MR) is 82.5 cm³/mol. The lowest BCUT2D eigenvalue weighted by Crippen LogP contribution is -2.28. The van der Waals surface area contributed by atoms with Crippen LogP contribution < -0.4 is 5.31 Å². The van der Waals surface area contributed by atoms with Crippen LogP contribution in [-0.4, -0.2) is 49.1 Å². The molecule has 1 atom stereocenters. The normalized spacial score (nSPS) is 28.7. The van der Waals surface area contributed by atoms with Gasteiger partial charge in [0.15, 0.2) is 2.82 Å². The van der Waals surface area contributed by atoms with Crippen molar-refractivity contribution in [3.05, 3.63) is 35.5 Å². The van der Waals surface area contributed by atoms with Crippen LogP contribution in [0.3, 0.4) is 0 Å². The van der Waals surface area contributed by atoms with Gasteiger partial charge in [-0.2, -0.15) is 0 Å². The van der Waals surface area contributed by atoms with Gasteiger partial charge in [-0.05, 0) is 50.1 Å². The number of aryl methyl sites for hydroxylation is 1. The predicted octanol–water partition coefficient (Wildman–Crippen LogP) is 1.92. The van der Waals surface area contributed by atoms with E-state index in [2.05, 4.69) is 4.74 Å². The van der Waals surface area contributed by atoms with Crippen LogP contribution in [0, 0.1) is 0 Å². The second-order valence-electron chi connectivity index (χ2n) is 4.86. The number of cyclic esters (lactones) is 1. The molecule has 0 radical (unpaired) electrons. The third-order valence-corrected chi connectivity index (χ3v) is 3.25. The topological polar surface area (TPSA) is 57.4 Å². The van der Waals surface area contributed by atoms with Crippen molar-refractivity contribution in [2.75, 3.05) is 27.1 Å². The Bertz CT molecular complexity index is 973. The SMILES string of the molecule is [2H]N1C(=O)OC([2H])([2H])[C@@H]1Cc1ccc2c(c1)c(CC([2H])([2H])N(C)C([2H])([2H])[2H])cn2[2H]. The molecule has 1 aromatic heterocycles. The van der Waals surface area contributed by atoms with E-state index in [1.807, 2.05) is 0 Å². The van der Waals surface area contributed by atoms with Gasteiger partial charge in [0.1, 0.15) is 6.56 Å². The monoisotopic (exact) mass is 296 g/mol. The fourth-order valence-corrected chi connectivity index (χ4v) is 2.25. The Hall–Kier alpha value is -2.01. The first kappa shape index (κ1) is 6.83. The Labute approximate surface area is 137 Å². The molecule has 1 amide bonds. The van der Waals surface area contributed by atoms with Crippen molar-refractivity contribution < 1.29 is 22.0 Å². The highest BCUT2D eigenvalue weighted by Crippen LogP contribution is 2.21. The average Bonchev–Trinajstić information content (AvgIpc) is 3.01. The maximum absolute atomic E-state index is 11.5. The van der Waals surface area contributed by atoms with Crippen LogP contribution in [0.25, 0.3) is 10.9 Å². The molecule has 1 aromatic carbocycles. The number of nitrogens with zero attached hydrogens (tertiary/aromatic N) is 1. The Morgan fingerprint density at radius 2 is 2.57 bits per heavy atom. The minimum atomic E-state index is -2.63. The largest absolute Gasteiger partial charge is 0.447 e. The number of hydrogen-bond donors (Lipinski definition) is 2. The third-order valence-electron chi connectivity index (χ3n) is 3.25. The zero-order valence-corrected chi connectivity index (χ0v) is 11.5. The second-order valence-corrected chi connectivity index (χ2v) is 4.86. The number of fused-ring (bicyclic) bond motifs is 1. The molecule has 5 heteroatoms. The Morgan fingerprint density at radius 1 is 1.67 bits per heavy atom. The zero-order valence-electron chi connectivity index (χ0n) is 20.5. The molecule has 1 aliphatic rings. The number of H-pyrrole nitrogens is 1. The van der Waals surface area contributed by atoms with Gasteiger partial charge in [0.25, 0.3) is 0 Å². The van der Waals surface area contributed by atoms with Gasteiger partial charge in [-0.1, -0.05) is 6.07 Å². The summed E-state index contributed by atoms with van der Waals surface area (Å²) in [6, 6.07) is 3.70. The van der Waals surface area contributed by atoms with Gasteiger partial charge >= 0.3 is 6.09 Å². The molecule has 5 nitrogen and oxygen atoms in total. The van der Waals surface area contributed by atoms with E-state index in [0.717, 1.165) is 4.98 Å². The summed E-state index contributed by atoms with van der Waals surface area (Å²) in [6.45, 7) is -7.18. The number of likely N-dealkylation sites (N-methyl/N-ethyl adjacent to an activating group) is 1. The second kappa shape index (κ2) is 5.77. The Morgan fingerprint density at radius 3 is 3.33 bits per heavy atom. The number of hydrogen-bond acceptors (Lipinski definition) is 3. The molecule has 21 heavy (non-hydrogen) atoms.